The number of hydrogen-bond acceptors (Lipinski definition) is 1. The van der Waals surface area contributed by atoms with E-state index in [0.29, 0.717) is 17.8 Å². The van der Waals surface area contributed by atoms with Crippen LogP contribution in [-0.4, -0.2) is 0 Å². The maximum absolute atomic E-state index is 6.27. The minimum atomic E-state index is -0.0924. The molecule has 0 fully saturated rings. The molecule has 1 aliphatic heterocycles. The molecule has 0 bridgehead atoms. The van der Waals surface area contributed by atoms with E-state index < -0.39 is 0 Å². The molecular weight excluding hydrogens is 220 g/mol. The van der Waals surface area contributed by atoms with E-state index in [9.17, 15) is 0 Å². The lowest BCUT2D eigenvalue weighted by molar-refractivity contribution is -0.106. The average Bonchev–Trinajstić information content (AvgIpc) is 2.67. The Labute approximate surface area is 112 Å². The number of ether oxygens (including phenoxy) is 1. The number of rotatable bonds is 3. The van der Waals surface area contributed by atoms with Gasteiger partial charge in [-0.1, -0.05) is 59.7 Å². The molecule has 0 aromatic heterocycles. The SMILES string of the molecule is CC(C)c1ccc2c(c1)COC2(C(C)C)C(C)C. The molecule has 0 saturated carbocycles. The average molecular weight is 246 g/mol. The van der Waals surface area contributed by atoms with Crippen LogP contribution in [0.5, 0.6) is 0 Å². The highest BCUT2D eigenvalue weighted by Crippen LogP contribution is 2.47. The fourth-order valence-corrected chi connectivity index (χ4v) is 3.37. The van der Waals surface area contributed by atoms with Gasteiger partial charge in [0.05, 0.1) is 12.2 Å². The Balaban J connectivity index is 2.50. The van der Waals surface area contributed by atoms with E-state index >= 15 is 0 Å². The Hall–Kier alpha value is -0.820. The largest absolute Gasteiger partial charge is 0.365 e. The summed E-state index contributed by atoms with van der Waals surface area (Å²) < 4.78 is 6.27. The predicted molar refractivity (Wildman–Crippen MR) is 76.7 cm³/mol. The number of hydrogen-bond donors (Lipinski definition) is 0. The van der Waals surface area contributed by atoms with Crippen LogP contribution in [0.1, 0.15) is 64.2 Å². The fraction of sp³-hybridized carbons (Fsp3) is 0.647. The smallest absolute Gasteiger partial charge is 0.0984 e. The van der Waals surface area contributed by atoms with Crippen LogP contribution in [0.4, 0.5) is 0 Å². The molecule has 1 aliphatic rings. The fourth-order valence-electron chi connectivity index (χ4n) is 3.37. The lowest BCUT2D eigenvalue weighted by Gasteiger charge is -2.38. The molecule has 0 unspecified atom stereocenters. The normalized spacial score (nSPS) is 17.8. The van der Waals surface area contributed by atoms with Crippen LogP contribution >= 0.6 is 0 Å². The van der Waals surface area contributed by atoms with Gasteiger partial charge in [0, 0.05) is 0 Å². The summed E-state index contributed by atoms with van der Waals surface area (Å²) in [4.78, 5) is 0. The summed E-state index contributed by atoms with van der Waals surface area (Å²) in [5.41, 5.74) is 4.13. The molecule has 1 nitrogen and oxygen atoms in total. The molecule has 0 radical (unpaired) electrons. The topological polar surface area (TPSA) is 9.23 Å². The number of benzene rings is 1. The third-order valence-corrected chi connectivity index (χ3v) is 4.40. The van der Waals surface area contributed by atoms with Crippen LogP contribution in [-0.2, 0) is 16.9 Å². The highest BCUT2D eigenvalue weighted by atomic mass is 16.5. The Morgan fingerprint density at radius 2 is 1.61 bits per heavy atom. The van der Waals surface area contributed by atoms with Crippen molar-refractivity contribution >= 4 is 0 Å². The van der Waals surface area contributed by atoms with E-state index in [0.717, 1.165) is 6.61 Å². The van der Waals surface area contributed by atoms with Gasteiger partial charge in [-0.15, -0.1) is 0 Å². The minimum absolute atomic E-state index is 0.0924. The molecule has 100 valence electrons. The van der Waals surface area contributed by atoms with Crippen molar-refractivity contribution in [2.24, 2.45) is 11.8 Å². The van der Waals surface area contributed by atoms with Gasteiger partial charge in [-0.05, 0) is 34.4 Å². The maximum Gasteiger partial charge on any atom is 0.0984 e. The summed E-state index contributed by atoms with van der Waals surface area (Å²) >= 11 is 0. The first-order valence-electron chi connectivity index (χ1n) is 7.16. The molecule has 1 heterocycles. The summed E-state index contributed by atoms with van der Waals surface area (Å²) in [6.45, 7) is 14.3. The van der Waals surface area contributed by atoms with Gasteiger partial charge in [-0.2, -0.15) is 0 Å². The monoisotopic (exact) mass is 246 g/mol. The molecule has 0 atom stereocenters. The van der Waals surface area contributed by atoms with Gasteiger partial charge < -0.3 is 4.74 Å². The van der Waals surface area contributed by atoms with E-state index in [1.807, 2.05) is 0 Å². The summed E-state index contributed by atoms with van der Waals surface area (Å²) in [6, 6.07) is 6.92. The van der Waals surface area contributed by atoms with E-state index in [4.69, 9.17) is 4.74 Å². The quantitative estimate of drug-likeness (QED) is 0.741. The molecular formula is C17H26O. The van der Waals surface area contributed by atoms with Gasteiger partial charge in [0.1, 0.15) is 0 Å². The van der Waals surface area contributed by atoms with Gasteiger partial charge in [0.2, 0.25) is 0 Å². The second kappa shape index (κ2) is 4.70. The molecule has 0 spiro atoms. The van der Waals surface area contributed by atoms with Gasteiger partial charge in [0.25, 0.3) is 0 Å². The first kappa shape index (κ1) is 13.6. The summed E-state index contributed by atoms with van der Waals surface area (Å²) in [7, 11) is 0. The lowest BCUT2D eigenvalue weighted by Crippen LogP contribution is -2.37. The van der Waals surface area contributed by atoms with Crippen LogP contribution in [0.2, 0.25) is 0 Å². The molecule has 18 heavy (non-hydrogen) atoms. The third kappa shape index (κ3) is 1.89. The van der Waals surface area contributed by atoms with Crippen molar-refractivity contribution in [1.29, 1.82) is 0 Å². The van der Waals surface area contributed by atoms with Crippen LogP contribution < -0.4 is 0 Å². The Bertz CT molecular complexity index is 421. The van der Waals surface area contributed by atoms with Gasteiger partial charge >= 0.3 is 0 Å². The predicted octanol–water partition coefficient (Wildman–Crippen LogP) is 4.85. The van der Waals surface area contributed by atoms with Crippen LogP contribution in [0.25, 0.3) is 0 Å². The van der Waals surface area contributed by atoms with E-state index in [1.54, 1.807) is 0 Å². The Morgan fingerprint density at radius 1 is 1.00 bits per heavy atom. The van der Waals surface area contributed by atoms with Crippen molar-refractivity contribution in [3.8, 4) is 0 Å². The Kier molecular flexibility index (Phi) is 3.55. The summed E-state index contributed by atoms with van der Waals surface area (Å²) in [5.74, 6) is 1.59. The van der Waals surface area contributed by atoms with Crippen molar-refractivity contribution < 1.29 is 4.74 Å². The third-order valence-electron chi connectivity index (χ3n) is 4.40. The van der Waals surface area contributed by atoms with Crippen molar-refractivity contribution in [2.75, 3.05) is 0 Å². The molecule has 2 rings (SSSR count). The van der Waals surface area contributed by atoms with Crippen LogP contribution in [0.15, 0.2) is 18.2 Å². The summed E-state index contributed by atoms with van der Waals surface area (Å²) in [6.07, 6.45) is 0. The van der Waals surface area contributed by atoms with Crippen LogP contribution in [0, 0.1) is 11.8 Å². The van der Waals surface area contributed by atoms with Crippen molar-refractivity contribution in [3.63, 3.8) is 0 Å². The lowest BCUT2D eigenvalue weighted by atomic mass is 9.74. The van der Waals surface area contributed by atoms with E-state index in [2.05, 4.69) is 59.7 Å². The van der Waals surface area contributed by atoms with Crippen molar-refractivity contribution in [3.05, 3.63) is 34.9 Å². The maximum atomic E-state index is 6.27. The van der Waals surface area contributed by atoms with Gasteiger partial charge in [0.15, 0.2) is 0 Å². The Morgan fingerprint density at radius 3 is 2.11 bits per heavy atom. The van der Waals surface area contributed by atoms with Crippen molar-refractivity contribution in [2.45, 2.75) is 59.7 Å². The van der Waals surface area contributed by atoms with Gasteiger partial charge in [-0.3, -0.25) is 0 Å². The zero-order valence-electron chi connectivity index (χ0n) is 12.6. The molecule has 0 N–H and O–H groups in total. The highest BCUT2D eigenvalue weighted by molar-refractivity contribution is 5.40. The summed E-state index contributed by atoms with van der Waals surface area (Å²) in [5, 5.41) is 0. The zero-order chi connectivity index (χ0) is 13.5. The molecule has 1 aromatic rings. The zero-order valence-corrected chi connectivity index (χ0v) is 12.6. The van der Waals surface area contributed by atoms with Crippen molar-refractivity contribution in [1.82, 2.24) is 0 Å². The second-order valence-corrected chi connectivity index (χ2v) is 6.46. The molecule has 0 aliphatic carbocycles. The standard InChI is InChI=1S/C17H26O/c1-11(2)14-7-8-16-15(9-14)10-18-17(16,12(3)4)13(5)6/h7-9,11-13H,10H2,1-6H3. The molecule has 1 aromatic carbocycles. The first-order chi connectivity index (χ1) is 8.39. The highest BCUT2D eigenvalue weighted by Gasteiger charge is 2.45. The number of fused-ring (bicyclic) bond motifs is 1. The minimum Gasteiger partial charge on any atom is -0.365 e. The molecule has 1 heteroatoms. The van der Waals surface area contributed by atoms with E-state index in [-0.39, 0.29) is 5.60 Å². The van der Waals surface area contributed by atoms with Crippen LogP contribution in [0.3, 0.4) is 0 Å². The molecule has 0 saturated heterocycles. The second-order valence-electron chi connectivity index (χ2n) is 6.46. The molecule has 0 amide bonds. The first-order valence-corrected chi connectivity index (χ1v) is 7.16. The van der Waals surface area contributed by atoms with Gasteiger partial charge in [-0.25, -0.2) is 0 Å². The van der Waals surface area contributed by atoms with E-state index in [1.165, 1.54) is 16.7 Å².